The monoisotopic (exact) mass is 444 g/mol. The Morgan fingerprint density at radius 2 is 1.84 bits per heavy atom. The number of halogens is 3. The normalized spacial score (nSPS) is 23.6. The molecule has 2 aliphatic rings. The lowest BCUT2D eigenvalue weighted by molar-refractivity contribution is -0.135. The van der Waals surface area contributed by atoms with Gasteiger partial charge in [0.2, 0.25) is 0 Å². The van der Waals surface area contributed by atoms with E-state index in [0.29, 0.717) is 17.1 Å². The molecule has 4 rings (SSSR count). The third-order valence-corrected chi connectivity index (χ3v) is 6.92. The third-order valence-electron chi connectivity index (χ3n) is 5.79. The smallest absolute Gasteiger partial charge is 0.328 e. The van der Waals surface area contributed by atoms with Crippen LogP contribution >= 0.6 is 11.3 Å². The van der Waals surface area contributed by atoms with Gasteiger partial charge >= 0.3 is 6.18 Å². The number of hydrogen-bond donors (Lipinski definition) is 1. The second kappa shape index (κ2) is 8.93. The average Bonchev–Trinajstić information content (AvgIpc) is 3.35. The number of alkyl halides is 3. The van der Waals surface area contributed by atoms with Gasteiger partial charge < -0.3 is 5.73 Å². The summed E-state index contributed by atoms with van der Waals surface area (Å²) in [4.78, 5) is 9.77. The summed E-state index contributed by atoms with van der Waals surface area (Å²) in [6, 6.07) is 8.60. The van der Waals surface area contributed by atoms with Gasteiger partial charge in [-0.25, -0.2) is 4.98 Å². The van der Waals surface area contributed by atoms with Crippen molar-refractivity contribution in [2.45, 2.75) is 56.8 Å². The Morgan fingerprint density at radius 3 is 2.48 bits per heavy atom. The lowest BCUT2D eigenvalue weighted by atomic mass is 9.85. The fraction of sp³-hybridized carbons (Fsp3) is 0.435. The van der Waals surface area contributed by atoms with E-state index in [9.17, 15) is 13.2 Å². The van der Waals surface area contributed by atoms with E-state index in [0.717, 1.165) is 53.2 Å². The highest BCUT2D eigenvalue weighted by Crippen LogP contribution is 2.38. The molecule has 2 heterocycles. The Balaban J connectivity index is 1.64. The van der Waals surface area contributed by atoms with Gasteiger partial charge in [0.1, 0.15) is 0 Å². The molecule has 4 nitrogen and oxygen atoms in total. The molecular formula is C23H23F3N4S. The molecule has 1 aliphatic heterocycles. The van der Waals surface area contributed by atoms with E-state index < -0.39 is 18.6 Å². The van der Waals surface area contributed by atoms with Gasteiger partial charge in [0.25, 0.3) is 0 Å². The number of nitriles is 1. The van der Waals surface area contributed by atoms with Crippen molar-refractivity contribution >= 4 is 23.1 Å². The summed E-state index contributed by atoms with van der Waals surface area (Å²) in [7, 11) is 0. The van der Waals surface area contributed by atoms with E-state index in [1.54, 1.807) is 18.2 Å². The molecule has 1 aromatic heterocycles. The molecule has 2 aromatic rings. The largest absolute Gasteiger partial charge is 0.391 e. The molecule has 1 saturated carbocycles. The van der Waals surface area contributed by atoms with Crippen LogP contribution in [0.15, 0.2) is 35.3 Å². The molecule has 31 heavy (non-hydrogen) atoms. The number of nitrogens with zero attached hydrogens (tertiary/aromatic N) is 3. The highest BCUT2D eigenvalue weighted by Gasteiger charge is 2.33. The first-order chi connectivity index (χ1) is 14.8. The van der Waals surface area contributed by atoms with Crippen LogP contribution in [0, 0.1) is 17.2 Å². The molecule has 0 unspecified atom stereocenters. The minimum absolute atomic E-state index is 0.280. The molecule has 8 heteroatoms. The zero-order valence-electron chi connectivity index (χ0n) is 16.9. The van der Waals surface area contributed by atoms with Crippen molar-refractivity contribution in [2.24, 2.45) is 16.6 Å². The van der Waals surface area contributed by atoms with E-state index in [4.69, 9.17) is 16.0 Å². The van der Waals surface area contributed by atoms with E-state index in [-0.39, 0.29) is 6.04 Å². The first-order valence-electron chi connectivity index (χ1n) is 10.4. The Bertz CT molecular complexity index is 1020. The van der Waals surface area contributed by atoms with Crippen LogP contribution in [0.1, 0.15) is 47.6 Å². The number of benzene rings is 1. The van der Waals surface area contributed by atoms with Crippen molar-refractivity contribution in [1.29, 1.82) is 5.26 Å². The van der Waals surface area contributed by atoms with Crippen molar-refractivity contribution in [2.75, 3.05) is 0 Å². The second-order valence-electron chi connectivity index (χ2n) is 8.25. The predicted octanol–water partition coefficient (Wildman–Crippen LogP) is 5.53. The highest BCUT2D eigenvalue weighted by molar-refractivity contribution is 7.13. The summed E-state index contributed by atoms with van der Waals surface area (Å²) in [5.74, 6) is 0.525. The first kappa shape index (κ1) is 21.7. The standard InChI is InChI=1S/C23H23F3N4S/c24-23(25,26)11-19-10-17(13-29-19)22-21(16-5-1-15(12-27)2-6-16)30-20(31-22)9-14-3-7-18(28)8-4-14/h1-2,5-6,10,13-14,18-19H,3-4,7-9,11,28H2/t14?,18?,19-/m1/s1. The van der Waals surface area contributed by atoms with Gasteiger partial charge in [-0.1, -0.05) is 12.1 Å². The van der Waals surface area contributed by atoms with Crippen LogP contribution in [0.25, 0.3) is 16.8 Å². The molecule has 1 fully saturated rings. The molecule has 1 aliphatic carbocycles. The first-order valence-corrected chi connectivity index (χ1v) is 11.2. The fourth-order valence-corrected chi connectivity index (χ4v) is 5.33. The van der Waals surface area contributed by atoms with Crippen LogP contribution in [0.3, 0.4) is 0 Å². The lowest BCUT2D eigenvalue weighted by Gasteiger charge is -2.25. The maximum absolute atomic E-state index is 12.8. The summed E-state index contributed by atoms with van der Waals surface area (Å²) in [6.45, 7) is 0. The van der Waals surface area contributed by atoms with E-state index in [1.165, 1.54) is 17.6 Å². The number of aromatic nitrogens is 1. The second-order valence-corrected chi connectivity index (χ2v) is 9.33. The molecule has 2 N–H and O–H groups in total. The number of allylic oxidation sites excluding steroid dienone is 1. The van der Waals surface area contributed by atoms with Crippen LogP contribution in [-0.2, 0) is 6.42 Å². The minimum atomic E-state index is -4.26. The number of thiazole rings is 1. The maximum atomic E-state index is 12.8. The average molecular weight is 445 g/mol. The zero-order chi connectivity index (χ0) is 22.0. The lowest BCUT2D eigenvalue weighted by Crippen LogP contribution is -2.27. The van der Waals surface area contributed by atoms with E-state index in [2.05, 4.69) is 11.1 Å². The molecule has 162 valence electrons. The summed E-state index contributed by atoms with van der Waals surface area (Å²) < 4.78 is 38.4. The molecule has 0 bridgehead atoms. The van der Waals surface area contributed by atoms with Crippen molar-refractivity contribution in [1.82, 2.24) is 4.98 Å². The van der Waals surface area contributed by atoms with E-state index >= 15 is 0 Å². The molecule has 0 radical (unpaired) electrons. The SMILES string of the molecule is N#Cc1ccc(-c2nc(CC3CCC(N)CC3)sc2C2=C[C@H](CC(F)(F)F)N=C2)cc1. The van der Waals surface area contributed by atoms with Gasteiger partial charge in [0.15, 0.2) is 0 Å². The topological polar surface area (TPSA) is 75.1 Å². The summed E-state index contributed by atoms with van der Waals surface area (Å²) in [5, 5.41) is 10.0. The Kier molecular flexibility index (Phi) is 6.26. The van der Waals surface area contributed by atoms with Crippen LogP contribution in [0.2, 0.25) is 0 Å². The summed E-state index contributed by atoms with van der Waals surface area (Å²) in [5.41, 5.74) is 8.83. The number of nitrogens with two attached hydrogens (primary N) is 1. The summed E-state index contributed by atoms with van der Waals surface area (Å²) in [6.07, 6.45) is 2.90. The number of hydrogen-bond acceptors (Lipinski definition) is 5. The molecular weight excluding hydrogens is 421 g/mol. The van der Waals surface area contributed by atoms with Crippen molar-refractivity contribution in [3.63, 3.8) is 0 Å². The van der Waals surface area contributed by atoms with Crippen LogP contribution < -0.4 is 5.73 Å². The van der Waals surface area contributed by atoms with Gasteiger partial charge in [0, 0.05) is 29.8 Å². The fourth-order valence-electron chi connectivity index (χ4n) is 4.14. The van der Waals surface area contributed by atoms with E-state index in [1.807, 2.05) is 12.1 Å². The van der Waals surface area contributed by atoms with Crippen LogP contribution in [-0.4, -0.2) is 29.5 Å². The van der Waals surface area contributed by atoms with Crippen molar-refractivity contribution in [3.05, 3.63) is 45.8 Å². The van der Waals surface area contributed by atoms with Crippen LogP contribution in [0.4, 0.5) is 13.2 Å². The molecule has 0 amide bonds. The predicted molar refractivity (Wildman–Crippen MR) is 117 cm³/mol. The van der Waals surface area contributed by atoms with Gasteiger partial charge in [-0.2, -0.15) is 18.4 Å². The quantitative estimate of drug-likeness (QED) is 0.659. The number of aliphatic imine (C=N–C) groups is 1. The summed E-state index contributed by atoms with van der Waals surface area (Å²) >= 11 is 1.53. The Hall–Kier alpha value is -2.50. The Morgan fingerprint density at radius 1 is 1.13 bits per heavy atom. The third kappa shape index (κ3) is 5.41. The highest BCUT2D eigenvalue weighted by atomic mass is 32.1. The van der Waals surface area contributed by atoms with Crippen molar-refractivity contribution < 1.29 is 13.2 Å². The van der Waals surface area contributed by atoms with Crippen LogP contribution in [0.5, 0.6) is 0 Å². The Labute approximate surface area is 183 Å². The maximum Gasteiger partial charge on any atom is 0.391 e. The van der Waals surface area contributed by atoms with Gasteiger partial charge in [-0.15, -0.1) is 11.3 Å². The molecule has 0 spiro atoms. The van der Waals surface area contributed by atoms with Gasteiger partial charge in [0.05, 0.1) is 39.7 Å². The van der Waals surface area contributed by atoms with Gasteiger partial charge in [-0.05, 0) is 49.8 Å². The minimum Gasteiger partial charge on any atom is -0.328 e. The van der Waals surface area contributed by atoms with Gasteiger partial charge in [-0.3, -0.25) is 4.99 Å². The zero-order valence-corrected chi connectivity index (χ0v) is 17.7. The number of rotatable bonds is 5. The van der Waals surface area contributed by atoms with Crippen molar-refractivity contribution in [3.8, 4) is 17.3 Å². The molecule has 1 atom stereocenters. The molecule has 1 aromatic carbocycles. The molecule has 0 saturated heterocycles.